The van der Waals surface area contributed by atoms with Crippen molar-refractivity contribution < 1.29 is 14.3 Å². The summed E-state index contributed by atoms with van der Waals surface area (Å²) in [6.07, 6.45) is 1.67. The zero-order chi connectivity index (χ0) is 21.6. The molecule has 0 spiro atoms. The van der Waals surface area contributed by atoms with Crippen LogP contribution in [0.15, 0.2) is 79.0 Å². The Kier molecular flexibility index (Phi) is 5.93. The molecule has 0 aliphatic rings. The normalized spacial score (nSPS) is 10.5. The van der Waals surface area contributed by atoms with Crippen LogP contribution in [0.1, 0.15) is 21.7 Å². The average molecular weight is 414 g/mol. The summed E-state index contributed by atoms with van der Waals surface area (Å²) in [5.74, 6) is 1.56. The van der Waals surface area contributed by atoms with Crippen LogP contribution < -0.4 is 14.8 Å². The van der Waals surface area contributed by atoms with Crippen LogP contribution in [0.5, 0.6) is 17.4 Å². The van der Waals surface area contributed by atoms with Crippen LogP contribution in [0, 0.1) is 6.92 Å². The lowest BCUT2D eigenvalue weighted by atomic mass is 10.2. The number of ether oxygens (including phenoxy) is 2. The molecule has 2 aromatic carbocycles. The summed E-state index contributed by atoms with van der Waals surface area (Å²) in [7, 11) is 1.61. The van der Waals surface area contributed by atoms with E-state index in [9.17, 15) is 4.79 Å². The van der Waals surface area contributed by atoms with E-state index in [1.807, 2.05) is 61.5 Å². The fraction of sp³-hybridized carbons (Fsp3) is 0.125. The topological polar surface area (TPSA) is 78.3 Å². The number of aryl methyl sites for hydroxylation is 1. The fourth-order valence-electron chi connectivity index (χ4n) is 3.05. The minimum Gasteiger partial charge on any atom is -0.497 e. The molecular formula is C24H22N4O3. The monoisotopic (exact) mass is 414 g/mol. The Morgan fingerprint density at radius 1 is 1.00 bits per heavy atom. The van der Waals surface area contributed by atoms with E-state index in [0.717, 1.165) is 16.9 Å². The highest BCUT2D eigenvalue weighted by molar-refractivity contribution is 5.92. The third-order valence-corrected chi connectivity index (χ3v) is 4.64. The van der Waals surface area contributed by atoms with Crippen LogP contribution in [0.4, 0.5) is 0 Å². The molecule has 4 aromatic rings. The lowest BCUT2D eigenvalue weighted by molar-refractivity contribution is 0.0945. The molecule has 7 heteroatoms. The molecule has 0 saturated carbocycles. The van der Waals surface area contributed by atoms with Gasteiger partial charge in [0.15, 0.2) is 5.69 Å². The summed E-state index contributed by atoms with van der Waals surface area (Å²) < 4.78 is 12.7. The number of para-hydroxylation sites is 1. The molecule has 2 heterocycles. The van der Waals surface area contributed by atoms with E-state index in [1.54, 1.807) is 36.2 Å². The third-order valence-electron chi connectivity index (χ3n) is 4.64. The summed E-state index contributed by atoms with van der Waals surface area (Å²) in [6.45, 7) is 2.25. The molecule has 31 heavy (non-hydrogen) atoms. The van der Waals surface area contributed by atoms with Crippen molar-refractivity contribution in [3.63, 3.8) is 0 Å². The summed E-state index contributed by atoms with van der Waals surface area (Å²) in [5.41, 5.74) is 3.02. The largest absolute Gasteiger partial charge is 0.497 e. The van der Waals surface area contributed by atoms with Gasteiger partial charge in [0, 0.05) is 30.6 Å². The van der Waals surface area contributed by atoms with E-state index in [4.69, 9.17) is 9.47 Å². The number of rotatable bonds is 7. The van der Waals surface area contributed by atoms with Crippen LogP contribution >= 0.6 is 0 Å². The van der Waals surface area contributed by atoms with Crippen LogP contribution in [-0.2, 0) is 6.54 Å². The molecule has 0 unspecified atom stereocenters. The van der Waals surface area contributed by atoms with Gasteiger partial charge >= 0.3 is 0 Å². The number of hydrogen-bond donors (Lipinski definition) is 1. The molecule has 0 radical (unpaired) electrons. The van der Waals surface area contributed by atoms with E-state index in [-0.39, 0.29) is 5.91 Å². The summed E-state index contributed by atoms with van der Waals surface area (Å²) >= 11 is 0. The number of methoxy groups -OCH3 is 1. The number of carbonyl (C=O) groups excluding carboxylic acids is 1. The number of pyridine rings is 1. The lowest BCUT2D eigenvalue weighted by Gasteiger charge is -2.08. The van der Waals surface area contributed by atoms with Crippen molar-refractivity contribution in [3.8, 4) is 23.1 Å². The summed E-state index contributed by atoms with van der Waals surface area (Å²) in [4.78, 5) is 16.8. The van der Waals surface area contributed by atoms with E-state index in [0.29, 0.717) is 29.6 Å². The molecule has 0 aliphatic carbocycles. The van der Waals surface area contributed by atoms with E-state index in [1.165, 1.54) is 0 Å². The van der Waals surface area contributed by atoms with Crippen molar-refractivity contribution in [3.05, 3.63) is 95.9 Å². The first-order valence-corrected chi connectivity index (χ1v) is 9.79. The van der Waals surface area contributed by atoms with E-state index >= 15 is 0 Å². The van der Waals surface area contributed by atoms with Gasteiger partial charge in [-0.25, -0.2) is 9.67 Å². The Bertz CT molecular complexity index is 1170. The number of aromatic nitrogens is 3. The first-order chi connectivity index (χ1) is 15.1. The zero-order valence-electron chi connectivity index (χ0n) is 17.3. The van der Waals surface area contributed by atoms with Gasteiger partial charge in [-0.15, -0.1) is 0 Å². The standard InChI is InChI=1S/C24H22N4O3/c1-17-13-22(27-28(17)19-7-4-3-5-8-19)24(29)26-16-18-11-12-23(25-15-18)31-21-10-6-9-20(14-21)30-2/h3-15H,16H2,1-2H3,(H,26,29). The number of benzene rings is 2. The Morgan fingerprint density at radius 3 is 2.55 bits per heavy atom. The maximum absolute atomic E-state index is 12.5. The molecule has 0 fully saturated rings. The molecule has 156 valence electrons. The van der Waals surface area contributed by atoms with Crippen molar-refractivity contribution in [1.82, 2.24) is 20.1 Å². The Balaban J connectivity index is 1.36. The molecule has 7 nitrogen and oxygen atoms in total. The number of amides is 1. The minimum absolute atomic E-state index is 0.241. The maximum atomic E-state index is 12.5. The van der Waals surface area contributed by atoms with Gasteiger partial charge in [0.05, 0.1) is 12.8 Å². The van der Waals surface area contributed by atoms with Crippen molar-refractivity contribution in [2.24, 2.45) is 0 Å². The molecular weight excluding hydrogens is 392 g/mol. The highest BCUT2D eigenvalue weighted by Gasteiger charge is 2.13. The van der Waals surface area contributed by atoms with Crippen LogP contribution in [0.25, 0.3) is 5.69 Å². The molecule has 4 rings (SSSR count). The predicted molar refractivity (Wildman–Crippen MR) is 117 cm³/mol. The van der Waals surface area contributed by atoms with Gasteiger partial charge in [-0.2, -0.15) is 5.10 Å². The molecule has 0 saturated heterocycles. The quantitative estimate of drug-likeness (QED) is 0.488. The molecule has 1 amide bonds. The van der Waals surface area contributed by atoms with Crippen molar-refractivity contribution in [2.75, 3.05) is 7.11 Å². The fourth-order valence-corrected chi connectivity index (χ4v) is 3.05. The molecule has 0 bridgehead atoms. The van der Waals surface area contributed by atoms with Gasteiger partial charge in [0.1, 0.15) is 11.5 Å². The van der Waals surface area contributed by atoms with Gasteiger partial charge in [0.2, 0.25) is 5.88 Å². The Hall–Kier alpha value is -4.13. The number of nitrogens with zero attached hydrogens (tertiary/aromatic N) is 3. The van der Waals surface area contributed by atoms with Gasteiger partial charge in [-0.3, -0.25) is 4.79 Å². The van der Waals surface area contributed by atoms with Crippen molar-refractivity contribution in [2.45, 2.75) is 13.5 Å². The highest BCUT2D eigenvalue weighted by Crippen LogP contribution is 2.23. The van der Waals surface area contributed by atoms with Crippen molar-refractivity contribution >= 4 is 5.91 Å². The second kappa shape index (κ2) is 9.13. The first-order valence-electron chi connectivity index (χ1n) is 9.79. The highest BCUT2D eigenvalue weighted by atomic mass is 16.5. The second-order valence-electron chi connectivity index (χ2n) is 6.89. The predicted octanol–water partition coefficient (Wildman–Crippen LogP) is 4.31. The van der Waals surface area contributed by atoms with Gasteiger partial charge in [-0.05, 0) is 42.8 Å². The Morgan fingerprint density at radius 2 is 1.81 bits per heavy atom. The van der Waals surface area contributed by atoms with Gasteiger partial charge in [-0.1, -0.05) is 30.3 Å². The molecule has 2 aromatic heterocycles. The second-order valence-corrected chi connectivity index (χ2v) is 6.89. The molecule has 0 aliphatic heterocycles. The van der Waals surface area contributed by atoms with E-state index in [2.05, 4.69) is 15.4 Å². The lowest BCUT2D eigenvalue weighted by Crippen LogP contribution is -2.23. The van der Waals surface area contributed by atoms with Crippen molar-refractivity contribution in [1.29, 1.82) is 0 Å². The van der Waals surface area contributed by atoms with Crippen LogP contribution in [-0.4, -0.2) is 27.8 Å². The van der Waals surface area contributed by atoms with Crippen LogP contribution in [0.2, 0.25) is 0 Å². The Labute approximate surface area is 180 Å². The summed E-state index contributed by atoms with van der Waals surface area (Å²) in [6, 6.07) is 22.4. The van der Waals surface area contributed by atoms with E-state index < -0.39 is 0 Å². The number of nitrogens with one attached hydrogen (secondary N) is 1. The first kappa shape index (κ1) is 20.2. The third kappa shape index (κ3) is 4.90. The molecule has 1 N–H and O–H groups in total. The maximum Gasteiger partial charge on any atom is 0.272 e. The SMILES string of the molecule is COc1cccc(Oc2ccc(CNC(=O)c3cc(C)n(-c4ccccc4)n3)cn2)c1. The average Bonchev–Trinajstić information content (AvgIpc) is 3.21. The number of hydrogen-bond acceptors (Lipinski definition) is 5. The van der Waals surface area contributed by atoms with Gasteiger partial charge < -0.3 is 14.8 Å². The zero-order valence-corrected chi connectivity index (χ0v) is 17.3. The molecule has 0 atom stereocenters. The van der Waals surface area contributed by atoms with Crippen LogP contribution in [0.3, 0.4) is 0 Å². The number of carbonyl (C=O) groups is 1. The minimum atomic E-state index is -0.241. The summed E-state index contributed by atoms with van der Waals surface area (Å²) in [5, 5.41) is 7.31. The van der Waals surface area contributed by atoms with Gasteiger partial charge in [0.25, 0.3) is 5.91 Å². The smallest absolute Gasteiger partial charge is 0.272 e.